The zero-order valence-corrected chi connectivity index (χ0v) is 16.8. The standard InChI is InChI=1S/C19H15N7O3S/c1-12-20-8-10-25(12)15-7-6-13(11-21-15)17-23-18(29-24-17)16-14-5-3-4-9-26(14)19(22-16)30(2,27)28/h3-11H,1-2H3. The first-order valence-corrected chi connectivity index (χ1v) is 10.8. The molecule has 0 aliphatic heterocycles. The van der Waals surface area contributed by atoms with Gasteiger partial charge in [0.05, 0.1) is 5.52 Å². The van der Waals surface area contributed by atoms with Crippen LogP contribution in [-0.2, 0) is 9.84 Å². The zero-order valence-electron chi connectivity index (χ0n) is 16.0. The van der Waals surface area contributed by atoms with E-state index in [1.54, 1.807) is 36.8 Å². The molecule has 5 aromatic heterocycles. The summed E-state index contributed by atoms with van der Waals surface area (Å²) >= 11 is 0. The molecule has 0 saturated carbocycles. The fourth-order valence-electron chi connectivity index (χ4n) is 3.15. The lowest BCUT2D eigenvalue weighted by atomic mass is 10.2. The minimum Gasteiger partial charge on any atom is -0.332 e. The van der Waals surface area contributed by atoms with E-state index < -0.39 is 9.84 Å². The molecule has 11 heteroatoms. The van der Waals surface area contributed by atoms with Crippen molar-refractivity contribution in [1.29, 1.82) is 0 Å². The maximum atomic E-state index is 12.1. The maximum absolute atomic E-state index is 12.1. The molecule has 150 valence electrons. The van der Waals surface area contributed by atoms with E-state index in [1.165, 1.54) is 4.40 Å². The molecule has 5 rings (SSSR count). The second kappa shape index (κ2) is 6.59. The molecule has 10 nitrogen and oxygen atoms in total. The minimum absolute atomic E-state index is 0.0884. The van der Waals surface area contributed by atoms with Crippen molar-refractivity contribution in [3.05, 3.63) is 60.9 Å². The number of aromatic nitrogens is 7. The number of rotatable bonds is 4. The predicted molar refractivity (Wildman–Crippen MR) is 107 cm³/mol. The van der Waals surface area contributed by atoms with E-state index >= 15 is 0 Å². The van der Waals surface area contributed by atoms with Gasteiger partial charge in [-0.1, -0.05) is 11.2 Å². The molecule has 5 aromatic rings. The number of pyridine rings is 2. The molecule has 0 bridgehead atoms. The summed E-state index contributed by atoms with van der Waals surface area (Å²) in [6, 6.07) is 8.90. The molecule has 0 aromatic carbocycles. The normalized spacial score (nSPS) is 11.9. The van der Waals surface area contributed by atoms with Crippen molar-refractivity contribution in [2.24, 2.45) is 0 Å². The minimum atomic E-state index is -3.55. The fourth-order valence-corrected chi connectivity index (χ4v) is 3.92. The van der Waals surface area contributed by atoms with E-state index in [0.717, 1.165) is 17.9 Å². The van der Waals surface area contributed by atoms with Gasteiger partial charge in [-0.25, -0.2) is 23.4 Å². The van der Waals surface area contributed by atoms with Gasteiger partial charge in [-0.3, -0.25) is 8.97 Å². The topological polar surface area (TPSA) is 121 Å². The summed E-state index contributed by atoms with van der Waals surface area (Å²) in [5.74, 6) is 1.99. The summed E-state index contributed by atoms with van der Waals surface area (Å²) < 4.78 is 32.9. The summed E-state index contributed by atoms with van der Waals surface area (Å²) in [6.45, 7) is 1.89. The van der Waals surface area contributed by atoms with Crippen LogP contribution in [0.15, 0.2) is 64.8 Å². The Morgan fingerprint density at radius 2 is 1.90 bits per heavy atom. The van der Waals surface area contributed by atoms with Crippen LogP contribution in [0.3, 0.4) is 0 Å². The van der Waals surface area contributed by atoms with Crippen LogP contribution < -0.4 is 0 Å². The first kappa shape index (κ1) is 18.2. The number of sulfone groups is 1. The van der Waals surface area contributed by atoms with Crippen molar-refractivity contribution in [3.63, 3.8) is 0 Å². The SMILES string of the molecule is Cc1nccn1-c1ccc(-c2noc(-c3nc(S(C)(=O)=O)n4ccccc34)n2)cn1. The van der Waals surface area contributed by atoms with E-state index in [-0.39, 0.29) is 11.0 Å². The first-order valence-electron chi connectivity index (χ1n) is 8.90. The van der Waals surface area contributed by atoms with Crippen LogP contribution in [0, 0.1) is 6.92 Å². The van der Waals surface area contributed by atoms with Crippen LogP contribution in [0.25, 0.3) is 34.3 Å². The first-order chi connectivity index (χ1) is 14.4. The number of hydrogen-bond donors (Lipinski definition) is 0. The molecular weight excluding hydrogens is 406 g/mol. The lowest BCUT2D eigenvalue weighted by Crippen LogP contribution is -2.03. The molecule has 0 amide bonds. The Bertz CT molecular complexity index is 1480. The summed E-state index contributed by atoms with van der Waals surface area (Å²) in [7, 11) is -3.55. The second-order valence-electron chi connectivity index (χ2n) is 6.64. The molecule has 0 unspecified atom stereocenters. The Hall–Kier alpha value is -3.86. The van der Waals surface area contributed by atoms with Crippen molar-refractivity contribution in [1.82, 2.24) is 34.1 Å². The van der Waals surface area contributed by atoms with Gasteiger partial charge in [-0.05, 0) is 31.2 Å². The molecule has 0 N–H and O–H groups in total. The number of nitrogens with zero attached hydrogens (tertiary/aromatic N) is 7. The molecule has 0 radical (unpaired) electrons. The highest BCUT2D eigenvalue weighted by molar-refractivity contribution is 7.90. The van der Waals surface area contributed by atoms with Crippen molar-refractivity contribution in [2.45, 2.75) is 12.1 Å². The van der Waals surface area contributed by atoms with Crippen molar-refractivity contribution >= 4 is 15.4 Å². The van der Waals surface area contributed by atoms with Gasteiger partial charge >= 0.3 is 0 Å². The van der Waals surface area contributed by atoms with Crippen LogP contribution in [0.4, 0.5) is 0 Å². The maximum Gasteiger partial charge on any atom is 0.279 e. The van der Waals surface area contributed by atoms with Crippen molar-refractivity contribution < 1.29 is 12.9 Å². The van der Waals surface area contributed by atoms with Gasteiger partial charge in [0.2, 0.25) is 20.8 Å². The molecular formula is C19H15N7O3S. The lowest BCUT2D eigenvalue weighted by molar-refractivity contribution is 0.431. The van der Waals surface area contributed by atoms with Gasteiger partial charge < -0.3 is 4.52 Å². The highest BCUT2D eigenvalue weighted by Crippen LogP contribution is 2.27. The average Bonchev–Trinajstić information content (AvgIpc) is 3.45. The number of fused-ring (bicyclic) bond motifs is 1. The third-order valence-electron chi connectivity index (χ3n) is 4.55. The van der Waals surface area contributed by atoms with E-state index in [4.69, 9.17) is 4.52 Å². The van der Waals surface area contributed by atoms with Crippen molar-refractivity contribution in [2.75, 3.05) is 6.26 Å². The number of aryl methyl sites for hydroxylation is 1. The predicted octanol–water partition coefficient (Wildman–Crippen LogP) is 2.34. The molecule has 0 fully saturated rings. The lowest BCUT2D eigenvalue weighted by Gasteiger charge is -2.03. The number of hydrogen-bond acceptors (Lipinski definition) is 8. The van der Waals surface area contributed by atoms with Gasteiger partial charge in [0.25, 0.3) is 5.89 Å². The zero-order chi connectivity index (χ0) is 20.9. The number of imidazole rings is 2. The smallest absolute Gasteiger partial charge is 0.279 e. The monoisotopic (exact) mass is 421 g/mol. The average molecular weight is 421 g/mol. The summed E-state index contributed by atoms with van der Waals surface area (Å²) in [5, 5.41) is 3.92. The van der Waals surface area contributed by atoms with Gasteiger partial charge in [0.1, 0.15) is 11.6 Å². The van der Waals surface area contributed by atoms with E-state index in [0.29, 0.717) is 22.6 Å². The molecule has 0 aliphatic rings. The Morgan fingerprint density at radius 1 is 1.03 bits per heavy atom. The molecule has 0 saturated heterocycles. The van der Waals surface area contributed by atoms with Crippen LogP contribution in [0.2, 0.25) is 0 Å². The molecule has 0 spiro atoms. The summed E-state index contributed by atoms with van der Waals surface area (Å²) in [5.41, 5.74) is 1.50. The van der Waals surface area contributed by atoms with Crippen LogP contribution in [0.1, 0.15) is 5.82 Å². The highest BCUT2D eigenvalue weighted by Gasteiger charge is 2.23. The fraction of sp³-hybridized carbons (Fsp3) is 0.105. The quantitative estimate of drug-likeness (QED) is 0.433. The largest absolute Gasteiger partial charge is 0.332 e. The Morgan fingerprint density at radius 3 is 2.60 bits per heavy atom. The van der Waals surface area contributed by atoms with Crippen LogP contribution >= 0.6 is 0 Å². The molecule has 0 aliphatic carbocycles. The highest BCUT2D eigenvalue weighted by atomic mass is 32.2. The third-order valence-corrected chi connectivity index (χ3v) is 5.51. The molecule has 5 heterocycles. The Balaban J connectivity index is 1.55. The Labute approximate surface area is 170 Å². The van der Waals surface area contributed by atoms with Gasteiger partial charge in [-0.2, -0.15) is 4.98 Å². The summed E-state index contributed by atoms with van der Waals surface area (Å²) in [4.78, 5) is 17.3. The Kier molecular flexibility index (Phi) is 4.00. The van der Waals surface area contributed by atoms with Gasteiger partial charge in [-0.15, -0.1) is 0 Å². The van der Waals surface area contributed by atoms with E-state index in [1.807, 2.05) is 29.8 Å². The van der Waals surface area contributed by atoms with Crippen LogP contribution in [0.5, 0.6) is 0 Å². The third kappa shape index (κ3) is 2.95. The van der Waals surface area contributed by atoms with E-state index in [9.17, 15) is 8.42 Å². The van der Waals surface area contributed by atoms with Gasteiger partial charge in [0.15, 0.2) is 5.69 Å². The van der Waals surface area contributed by atoms with E-state index in [2.05, 4.69) is 25.1 Å². The second-order valence-corrected chi connectivity index (χ2v) is 8.55. The van der Waals surface area contributed by atoms with Crippen molar-refractivity contribution in [3.8, 4) is 28.8 Å². The molecule has 30 heavy (non-hydrogen) atoms. The van der Waals surface area contributed by atoms with Crippen LogP contribution in [-0.4, -0.2) is 48.7 Å². The molecule has 0 atom stereocenters. The van der Waals surface area contributed by atoms with Gasteiger partial charge in [0, 0.05) is 36.6 Å². The summed E-state index contributed by atoms with van der Waals surface area (Å²) in [6.07, 6.45) is 7.90.